The smallest absolute Gasteiger partial charge is 0.418 e. The highest BCUT2D eigenvalue weighted by Crippen LogP contribution is 2.34. The van der Waals surface area contributed by atoms with Crippen molar-refractivity contribution in [1.82, 2.24) is 9.80 Å². The fraction of sp³-hybridized carbons (Fsp3) is 0.259. The molecule has 36 heavy (non-hydrogen) atoms. The first kappa shape index (κ1) is 25.2. The van der Waals surface area contributed by atoms with Gasteiger partial charge < -0.3 is 15.0 Å². The van der Waals surface area contributed by atoms with E-state index in [1.165, 1.54) is 18.2 Å². The van der Waals surface area contributed by atoms with Crippen molar-refractivity contribution in [2.75, 3.05) is 38.0 Å². The molecule has 9 heteroatoms. The van der Waals surface area contributed by atoms with Crippen LogP contribution in [0, 0.1) is 0 Å². The third kappa shape index (κ3) is 6.42. The zero-order valence-electron chi connectivity index (χ0n) is 19.5. The van der Waals surface area contributed by atoms with Gasteiger partial charge in [0.2, 0.25) is 5.91 Å². The number of hydrogen-bond donors (Lipinski definition) is 1. The van der Waals surface area contributed by atoms with Crippen LogP contribution in [0.25, 0.3) is 0 Å². The molecule has 0 bridgehead atoms. The number of nitrogens with one attached hydrogen (secondary N) is 1. The molecule has 0 spiro atoms. The van der Waals surface area contributed by atoms with Gasteiger partial charge in [0.15, 0.2) is 0 Å². The summed E-state index contributed by atoms with van der Waals surface area (Å²) in [5.74, 6) is 0.0600. The Kier molecular flexibility index (Phi) is 7.90. The molecule has 0 aromatic heterocycles. The van der Waals surface area contributed by atoms with E-state index in [1.54, 1.807) is 17.0 Å². The number of carbonyl (C=O) groups excluding carboxylic acids is 2. The van der Waals surface area contributed by atoms with Gasteiger partial charge in [0, 0.05) is 37.3 Å². The Morgan fingerprint density at radius 2 is 1.47 bits per heavy atom. The van der Waals surface area contributed by atoms with Gasteiger partial charge in [0.05, 0.1) is 17.8 Å². The molecule has 6 nitrogen and oxygen atoms in total. The van der Waals surface area contributed by atoms with E-state index in [1.807, 2.05) is 47.4 Å². The number of halogens is 3. The normalized spacial score (nSPS) is 14.4. The fourth-order valence-corrected chi connectivity index (χ4v) is 4.04. The van der Waals surface area contributed by atoms with Crippen LogP contribution >= 0.6 is 0 Å². The number of piperazine rings is 1. The molecule has 1 heterocycles. The van der Waals surface area contributed by atoms with Gasteiger partial charge in [-0.1, -0.05) is 48.5 Å². The van der Waals surface area contributed by atoms with E-state index in [9.17, 15) is 22.8 Å². The number of ether oxygens (including phenoxy) is 1. The van der Waals surface area contributed by atoms with Gasteiger partial charge in [-0.25, -0.2) is 0 Å². The lowest BCUT2D eigenvalue weighted by Crippen LogP contribution is -2.50. The molecule has 1 fully saturated rings. The second-order valence-electron chi connectivity index (χ2n) is 8.42. The lowest BCUT2D eigenvalue weighted by molar-refractivity contribution is -0.137. The van der Waals surface area contributed by atoms with Crippen molar-refractivity contribution in [1.29, 1.82) is 0 Å². The average Bonchev–Trinajstić information content (AvgIpc) is 2.88. The third-order valence-electron chi connectivity index (χ3n) is 5.92. The molecule has 1 aliphatic heterocycles. The van der Waals surface area contributed by atoms with Crippen molar-refractivity contribution in [3.05, 3.63) is 95.6 Å². The van der Waals surface area contributed by atoms with Gasteiger partial charge in [0.25, 0.3) is 5.91 Å². The van der Waals surface area contributed by atoms with Gasteiger partial charge in [-0.05, 0) is 30.3 Å². The van der Waals surface area contributed by atoms with Crippen molar-refractivity contribution in [2.45, 2.75) is 12.8 Å². The highest BCUT2D eigenvalue weighted by Gasteiger charge is 2.33. The third-order valence-corrected chi connectivity index (χ3v) is 5.92. The molecule has 0 saturated carbocycles. The molecule has 0 atom stereocenters. The molecule has 1 aliphatic rings. The van der Waals surface area contributed by atoms with E-state index < -0.39 is 17.6 Å². The van der Waals surface area contributed by atoms with Crippen LogP contribution in [0.3, 0.4) is 0 Å². The number of anilines is 1. The number of nitrogens with zero attached hydrogens (tertiary/aromatic N) is 2. The Labute approximate surface area is 207 Å². The molecule has 1 N–H and O–H groups in total. The van der Waals surface area contributed by atoms with Gasteiger partial charge in [0.1, 0.15) is 12.4 Å². The molecule has 188 valence electrons. The van der Waals surface area contributed by atoms with Gasteiger partial charge in [-0.15, -0.1) is 0 Å². The van der Waals surface area contributed by atoms with Crippen LogP contribution in [0.15, 0.2) is 78.9 Å². The zero-order valence-corrected chi connectivity index (χ0v) is 19.5. The van der Waals surface area contributed by atoms with Crippen LogP contribution in [0.2, 0.25) is 0 Å². The van der Waals surface area contributed by atoms with Crippen LogP contribution in [0.4, 0.5) is 18.9 Å². The predicted octanol–water partition coefficient (Wildman–Crippen LogP) is 4.68. The number of benzene rings is 3. The molecule has 0 aliphatic carbocycles. The van der Waals surface area contributed by atoms with Crippen LogP contribution in [-0.4, -0.2) is 54.3 Å². The van der Waals surface area contributed by atoms with E-state index in [2.05, 4.69) is 5.32 Å². The van der Waals surface area contributed by atoms with Gasteiger partial charge in [-0.2, -0.15) is 13.2 Å². The molecule has 4 rings (SSSR count). The van der Waals surface area contributed by atoms with E-state index in [-0.39, 0.29) is 24.7 Å². The summed E-state index contributed by atoms with van der Waals surface area (Å²) in [6.07, 6.45) is -4.56. The second kappa shape index (κ2) is 11.3. The maximum absolute atomic E-state index is 13.2. The largest absolute Gasteiger partial charge is 0.489 e. The molecular formula is C27H26F3N3O3. The Bertz CT molecular complexity index is 1190. The topological polar surface area (TPSA) is 61.9 Å². The minimum atomic E-state index is -4.56. The van der Waals surface area contributed by atoms with Crippen LogP contribution in [0.5, 0.6) is 5.75 Å². The zero-order chi connectivity index (χ0) is 25.5. The van der Waals surface area contributed by atoms with E-state index in [0.29, 0.717) is 37.5 Å². The maximum atomic E-state index is 13.2. The highest BCUT2D eigenvalue weighted by molar-refractivity contribution is 5.96. The highest BCUT2D eigenvalue weighted by atomic mass is 19.4. The van der Waals surface area contributed by atoms with Crippen LogP contribution < -0.4 is 10.1 Å². The summed E-state index contributed by atoms with van der Waals surface area (Å²) in [6, 6.07) is 21.5. The molecule has 0 unspecified atom stereocenters. The monoisotopic (exact) mass is 497 g/mol. The summed E-state index contributed by atoms with van der Waals surface area (Å²) in [5.41, 5.74) is 0.182. The Morgan fingerprint density at radius 1 is 0.833 bits per heavy atom. The molecular weight excluding hydrogens is 471 g/mol. The first-order chi connectivity index (χ1) is 17.3. The second-order valence-corrected chi connectivity index (χ2v) is 8.42. The number of alkyl halides is 3. The van der Waals surface area contributed by atoms with Gasteiger partial charge >= 0.3 is 6.18 Å². The first-order valence-corrected chi connectivity index (χ1v) is 11.5. The van der Waals surface area contributed by atoms with Gasteiger partial charge in [-0.3, -0.25) is 14.5 Å². The van der Waals surface area contributed by atoms with E-state index in [0.717, 1.165) is 11.6 Å². The molecule has 1 saturated heterocycles. The first-order valence-electron chi connectivity index (χ1n) is 11.5. The molecule has 2 amide bonds. The van der Waals surface area contributed by atoms with Crippen molar-refractivity contribution >= 4 is 17.5 Å². The fourth-order valence-electron chi connectivity index (χ4n) is 4.04. The van der Waals surface area contributed by atoms with Crippen molar-refractivity contribution in [3.8, 4) is 5.75 Å². The standard InChI is InChI=1S/C27H26F3N3O3/c28-27(29,30)23-12-6-7-13-24(23)31-25(34)18-32-14-16-33(17-15-32)26(35)22-11-5-4-8-20(22)19-36-21-9-2-1-3-10-21/h1-13H,14-19H2,(H,31,34). The Morgan fingerprint density at radius 3 is 2.19 bits per heavy atom. The van der Waals surface area contributed by atoms with Crippen LogP contribution in [0.1, 0.15) is 21.5 Å². The minimum absolute atomic E-state index is 0.0598. The summed E-state index contributed by atoms with van der Waals surface area (Å²) >= 11 is 0. The summed E-state index contributed by atoms with van der Waals surface area (Å²) in [6.45, 7) is 1.87. The summed E-state index contributed by atoms with van der Waals surface area (Å²) in [5, 5.41) is 2.36. The number of carbonyl (C=O) groups is 2. The minimum Gasteiger partial charge on any atom is -0.489 e. The van der Waals surface area contributed by atoms with Crippen molar-refractivity contribution < 1.29 is 27.5 Å². The molecule has 3 aromatic carbocycles. The number of hydrogen-bond acceptors (Lipinski definition) is 4. The SMILES string of the molecule is O=C(CN1CCN(C(=O)c2ccccc2COc2ccccc2)CC1)Nc1ccccc1C(F)(F)F. The van der Waals surface area contributed by atoms with E-state index >= 15 is 0 Å². The summed E-state index contributed by atoms with van der Waals surface area (Å²) in [4.78, 5) is 29.2. The Balaban J connectivity index is 1.31. The molecule has 3 aromatic rings. The van der Waals surface area contributed by atoms with Crippen molar-refractivity contribution in [2.24, 2.45) is 0 Å². The van der Waals surface area contributed by atoms with E-state index in [4.69, 9.17) is 4.74 Å². The average molecular weight is 498 g/mol. The lowest BCUT2D eigenvalue weighted by Gasteiger charge is -2.34. The molecule has 0 radical (unpaired) electrons. The Hall–Kier alpha value is -3.85. The van der Waals surface area contributed by atoms with Crippen LogP contribution in [-0.2, 0) is 17.6 Å². The lowest BCUT2D eigenvalue weighted by atomic mass is 10.1. The number of para-hydroxylation sites is 2. The maximum Gasteiger partial charge on any atom is 0.418 e. The summed E-state index contributed by atoms with van der Waals surface area (Å²) < 4.78 is 45.3. The predicted molar refractivity (Wildman–Crippen MR) is 130 cm³/mol. The quantitative estimate of drug-likeness (QED) is 0.515. The number of amides is 2. The number of rotatable bonds is 7. The van der Waals surface area contributed by atoms with Crippen molar-refractivity contribution in [3.63, 3.8) is 0 Å². The summed E-state index contributed by atoms with van der Waals surface area (Å²) in [7, 11) is 0.